The van der Waals surface area contributed by atoms with Crippen molar-refractivity contribution in [3.63, 3.8) is 0 Å². The fraction of sp³-hybridized carbons (Fsp3) is 0.222. The van der Waals surface area contributed by atoms with E-state index in [1.165, 1.54) is 5.01 Å². The lowest BCUT2D eigenvalue weighted by Gasteiger charge is -2.26. The average Bonchev–Trinajstić information content (AvgIpc) is 3.02. The van der Waals surface area contributed by atoms with Gasteiger partial charge in [-0.3, -0.25) is 9.78 Å². The number of fused-ring (bicyclic) bond motifs is 1. The lowest BCUT2D eigenvalue weighted by Crippen LogP contribution is -2.36. The van der Waals surface area contributed by atoms with Crippen molar-refractivity contribution in [2.75, 3.05) is 0 Å². The van der Waals surface area contributed by atoms with Gasteiger partial charge in [-0.2, -0.15) is 10.2 Å². The van der Waals surface area contributed by atoms with Crippen LogP contribution in [0.3, 0.4) is 0 Å². The third-order valence-corrected chi connectivity index (χ3v) is 4.15. The largest absolute Gasteiger partial charge is 0.273 e. The fourth-order valence-electron chi connectivity index (χ4n) is 2.90. The van der Waals surface area contributed by atoms with Crippen molar-refractivity contribution in [2.24, 2.45) is 11.0 Å². The minimum Gasteiger partial charge on any atom is -0.273 e. The van der Waals surface area contributed by atoms with Gasteiger partial charge in [0.25, 0.3) is 0 Å². The number of hydrogen-bond donors (Lipinski definition) is 0. The van der Waals surface area contributed by atoms with Crippen LogP contribution in [0.4, 0.5) is 0 Å². The van der Waals surface area contributed by atoms with E-state index in [0.29, 0.717) is 13.0 Å². The maximum absolute atomic E-state index is 12.3. The average molecular weight is 319 g/mol. The monoisotopic (exact) mass is 319 g/mol. The van der Waals surface area contributed by atoms with E-state index in [1.807, 2.05) is 54.0 Å². The second-order valence-corrected chi connectivity index (χ2v) is 6.00. The molecule has 1 unspecified atom stereocenters. The second-order valence-electron chi connectivity index (χ2n) is 6.00. The molecule has 4 heterocycles. The molecule has 1 atom stereocenters. The van der Waals surface area contributed by atoms with Gasteiger partial charge in [-0.1, -0.05) is 19.1 Å². The predicted molar refractivity (Wildman–Crippen MR) is 90.3 cm³/mol. The van der Waals surface area contributed by atoms with Crippen molar-refractivity contribution in [2.45, 2.75) is 19.9 Å². The zero-order chi connectivity index (χ0) is 16.5. The Morgan fingerprint density at radius 3 is 2.96 bits per heavy atom. The van der Waals surface area contributed by atoms with Gasteiger partial charge in [0.05, 0.1) is 17.8 Å². The first kappa shape index (κ1) is 14.6. The molecule has 4 rings (SSSR count). The maximum atomic E-state index is 12.3. The Balaban J connectivity index is 1.69. The molecular weight excluding hydrogens is 302 g/mol. The summed E-state index contributed by atoms with van der Waals surface area (Å²) in [6, 6.07) is 11.7. The highest BCUT2D eigenvalue weighted by Crippen LogP contribution is 2.22. The minimum atomic E-state index is 0.0267. The molecule has 0 saturated heterocycles. The van der Waals surface area contributed by atoms with Crippen LogP contribution in [0.25, 0.3) is 5.52 Å². The molecule has 3 aromatic heterocycles. The van der Waals surface area contributed by atoms with Gasteiger partial charge >= 0.3 is 0 Å². The summed E-state index contributed by atoms with van der Waals surface area (Å²) < 4.78 is 1.83. The molecule has 0 fully saturated rings. The zero-order valence-corrected chi connectivity index (χ0v) is 13.3. The molecule has 1 aliphatic rings. The Hall–Kier alpha value is -3.02. The number of rotatable bonds is 3. The molecule has 24 heavy (non-hydrogen) atoms. The molecule has 0 bridgehead atoms. The number of hydrazone groups is 1. The van der Waals surface area contributed by atoms with E-state index in [-0.39, 0.29) is 11.8 Å². The van der Waals surface area contributed by atoms with Crippen molar-refractivity contribution < 1.29 is 4.79 Å². The van der Waals surface area contributed by atoms with Crippen molar-refractivity contribution in [1.29, 1.82) is 0 Å². The van der Waals surface area contributed by atoms with Gasteiger partial charge in [0, 0.05) is 30.9 Å². The summed E-state index contributed by atoms with van der Waals surface area (Å²) in [4.78, 5) is 16.4. The molecular formula is C18H17N5O. The van der Waals surface area contributed by atoms with E-state index in [1.54, 1.807) is 12.4 Å². The van der Waals surface area contributed by atoms with Gasteiger partial charge in [0.2, 0.25) is 5.91 Å². The highest BCUT2D eigenvalue weighted by atomic mass is 16.2. The molecule has 6 heteroatoms. The van der Waals surface area contributed by atoms with E-state index in [0.717, 1.165) is 22.5 Å². The van der Waals surface area contributed by atoms with Gasteiger partial charge in [-0.05, 0) is 29.8 Å². The summed E-state index contributed by atoms with van der Waals surface area (Å²) >= 11 is 0. The Bertz CT molecular complexity index is 882. The smallest absolute Gasteiger partial charge is 0.243 e. The number of carbonyl (C=O) groups excluding carboxylic acids is 1. The standard InChI is InChI=1S/C18H17N5O/c1-13-9-17(24)23(12-14-5-4-7-19-11-14)21-18(13)16-10-15-6-2-3-8-22(15)20-16/h2-8,10-11,13H,9,12H2,1H3. The third-order valence-electron chi connectivity index (χ3n) is 4.15. The lowest BCUT2D eigenvalue weighted by atomic mass is 9.97. The lowest BCUT2D eigenvalue weighted by molar-refractivity contribution is -0.133. The first-order valence-electron chi connectivity index (χ1n) is 7.93. The number of nitrogens with zero attached hydrogens (tertiary/aromatic N) is 5. The molecule has 1 amide bonds. The summed E-state index contributed by atoms with van der Waals surface area (Å²) in [5.74, 6) is 0.0754. The number of aromatic nitrogens is 3. The number of hydrogen-bond acceptors (Lipinski definition) is 4. The van der Waals surface area contributed by atoms with Crippen LogP contribution in [0.15, 0.2) is 60.1 Å². The molecule has 0 saturated carbocycles. The van der Waals surface area contributed by atoms with E-state index < -0.39 is 0 Å². The van der Waals surface area contributed by atoms with E-state index in [2.05, 4.69) is 15.2 Å². The molecule has 0 radical (unpaired) electrons. The Morgan fingerprint density at radius 2 is 2.17 bits per heavy atom. The van der Waals surface area contributed by atoms with Crippen molar-refractivity contribution in [1.82, 2.24) is 19.6 Å². The Labute approximate surface area is 139 Å². The van der Waals surface area contributed by atoms with Gasteiger partial charge < -0.3 is 0 Å². The highest BCUT2D eigenvalue weighted by molar-refractivity contribution is 6.05. The summed E-state index contributed by atoms with van der Waals surface area (Å²) in [6.45, 7) is 2.44. The minimum absolute atomic E-state index is 0.0267. The van der Waals surface area contributed by atoms with Gasteiger partial charge in [0.1, 0.15) is 5.69 Å². The quantitative estimate of drug-likeness (QED) is 0.745. The van der Waals surface area contributed by atoms with Crippen molar-refractivity contribution in [3.05, 3.63) is 66.2 Å². The van der Waals surface area contributed by atoms with Crippen LogP contribution in [0.1, 0.15) is 24.6 Å². The van der Waals surface area contributed by atoms with E-state index in [9.17, 15) is 4.79 Å². The Kier molecular flexibility index (Phi) is 3.57. The van der Waals surface area contributed by atoms with Crippen LogP contribution < -0.4 is 0 Å². The van der Waals surface area contributed by atoms with E-state index >= 15 is 0 Å². The summed E-state index contributed by atoms with van der Waals surface area (Å²) in [6.07, 6.45) is 5.82. The number of carbonyl (C=O) groups is 1. The van der Waals surface area contributed by atoms with E-state index in [4.69, 9.17) is 0 Å². The van der Waals surface area contributed by atoms with Crippen molar-refractivity contribution in [3.8, 4) is 0 Å². The van der Waals surface area contributed by atoms with Gasteiger partial charge in [-0.25, -0.2) is 9.52 Å². The SMILES string of the molecule is CC1CC(=O)N(Cc2cccnc2)N=C1c1cc2ccccn2n1. The molecule has 3 aromatic rings. The van der Waals surface area contributed by atoms with Gasteiger partial charge in [-0.15, -0.1) is 0 Å². The summed E-state index contributed by atoms with van der Waals surface area (Å²) in [7, 11) is 0. The predicted octanol–water partition coefficient (Wildman–Crippen LogP) is 2.50. The molecule has 6 nitrogen and oxygen atoms in total. The molecule has 120 valence electrons. The van der Waals surface area contributed by atoms with Gasteiger partial charge in [0.15, 0.2) is 0 Å². The van der Waals surface area contributed by atoms with Crippen LogP contribution in [-0.2, 0) is 11.3 Å². The fourth-order valence-corrected chi connectivity index (χ4v) is 2.90. The Morgan fingerprint density at radius 1 is 1.25 bits per heavy atom. The zero-order valence-electron chi connectivity index (χ0n) is 13.3. The van der Waals surface area contributed by atoms with Crippen LogP contribution >= 0.6 is 0 Å². The van der Waals surface area contributed by atoms with Crippen LogP contribution in [0.2, 0.25) is 0 Å². The van der Waals surface area contributed by atoms with Crippen LogP contribution in [0, 0.1) is 5.92 Å². The normalized spacial score (nSPS) is 18.0. The molecule has 0 aliphatic carbocycles. The molecule has 0 spiro atoms. The first-order chi connectivity index (χ1) is 11.7. The van der Waals surface area contributed by atoms with Crippen LogP contribution in [-0.4, -0.2) is 31.2 Å². The van der Waals surface area contributed by atoms with Crippen LogP contribution in [0.5, 0.6) is 0 Å². The highest BCUT2D eigenvalue weighted by Gasteiger charge is 2.28. The summed E-state index contributed by atoms with van der Waals surface area (Å²) in [5.41, 5.74) is 3.64. The second kappa shape index (κ2) is 5.88. The molecule has 0 aromatic carbocycles. The first-order valence-corrected chi connectivity index (χ1v) is 7.93. The third kappa shape index (κ3) is 2.67. The number of amides is 1. The van der Waals surface area contributed by atoms with Crippen molar-refractivity contribution >= 4 is 17.1 Å². The number of pyridine rings is 2. The summed E-state index contributed by atoms with van der Waals surface area (Å²) in [5, 5.41) is 10.7. The maximum Gasteiger partial charge on any atom is 0.243 e. The molecule has 1 aliphatic heterocycles. The molecule has 0 N–H and O–H groups in total. The topological polar surface area (TPSA) is 62.9 Å².